The van der Waals surface area contributed by atoms with Crippen LogP contribution in [-0.2, 0) is 11.2 Å². The van der Waals surface area contributed by atoms with Crippen LogP contribution in [0.1, 0.15) is 29.7 Å². The largest absolute Gasteiger partial charge is 0.388 e. The first kappa shape index (κ1) is 23.7. The van der Waals surface area contributed by atoms with Gasteiger partial charge in [0.2, 0.25) is 0 Å². The molecule has 4 nitrogen and oxygen atoms in total. The van der Waals surface area contributed by atoms with E-state index in [9.17, 15) is 5.11 Å². The molecule has 1 heterocycles. The molecule has 4 rings (SSSR count). The first-order valence-electron chi connectivity index (χ1n) is 12.0. The molecule has 1 saturated heterocycles. The van der Waals surface area contributed by atoms with Crippen LogP contribution in [0.5, 0.6) is 0 Å². The number of β-amino-alcohol motifs (C(OH)–C–C–N with tert-alkyl or cyclic N) is 1. The number of benzene rings is 3. The van der Waals surface area contributed by atoms with Crippen LogP contribution in [0.25, 0.3) is 0 Å². The van der Waals surface area contributed by atoms with Gasteiger partial charge >= 0.3 is 0 Å². The minimum absolute atomic E-state index is 0.0400. The summed E-state index contributed by atoms with van der Waals surface area (Å²) in [6, 6.07) is 31.2. The second kappa shape index (κ2) is 11.6. The molecule has 1 N–H and O–H groups in total. The van der Waals surface area contributed by atoms with Gasteiger partial charge in [0, 0.05) is 45.7 Å². The number of piperazine rings is 1. The summed E-state index contributed by atoms with van der Waals surface area (Å²) in [5, 5.41) is 10.9. The second-order valence-electron chi connectivity index (χ2n) is 9.35. The molecule has 0 aliphatic carbocycles. The van der Waals surface area contributed by atoms with E-state index in [2.05, 4.69) is 70.5 Å². The van der Waals surface area contributed by atoms with Gasteiger partial charge in [0.25, 0.3) is 0 Å². The van der Waals surface area contributed by atoms with Crippen LogP contribution in [0, 0.1) is 0 Å². The van der Waals surface area contributed by atoms with Crippen molar-refractivity contribution in [3.63, 3.8) is 0 Å². The predicted octanol–water partition coefficient (Wildman–Crippen LogP) is 4.40. The number of nitrogens with zero attached hydrogens (tertiary/aromatic N) is 2. The van der Waals surface area contributed by atoms with Crippen LogP contribution in [-0.4, -0.2) is 66.4 Å². The minimum atomic E-state index is -0.717. The van der Waals surface area contributed by atoms with E-state index in [0.29, 0.717) is 19.6 Å². The van der Waals surface area contributed by atoms with Gasteiger partial charge in [-0.05, 0) is 23.6 Å². The Kier molecular flexibility index (Phi) is 8.30. The molecule has 33 heavy (non-hydrogen) atoms. The highest BCUT2D eigenvalue weighted by atomic mass is 16.5. The lowest BCUT2D eigenvalue weighted by atomic mass is 9.95. The molecule has 1 aliphatic rings. The molecule has 1 aliphatic heterocycles. The van der Waals surface area contributed by atoms with Crippen molar-refractivity contribution in [2.45, 2.75) is 25.0 Å². The summed E-state index contributed by atoms with van der Waals surface area (Å²) in [6.45, 7) is 8.24. The summed E-state index contributed by atoms with van der Waals surface area (Å²) in [6.07, 6.45) is 0.643. The van der Waals surface area contributed by atoms with Crippen molar-refractivity contribution in [2.24, 2.45) is 0 Å². The monoisotopic (exact) mass is 444 g/mol. The fourth-order valence-corrected chi connectivity index (χ4v) is 4.68. The van der Waals surface area contributed by atoms with E-state index in [4.69, 9.17) is 4.74 Å². The Balaban J connectivity index is 1.23. The Hall–Kier alpha value is -2.50. The van der Waals surface area contributed by atoms with E-state index < -0.39 is 5.60 Å². The molecular weight excluding hydrogens is 408 g/mol. The summed E-state index contributed by atoms with van der Waals surface area (Å²) < 4.78 is 6.40. The molecule has 0 aromatic heterocycles. The zero-order valence-electron chi connectivity index (χ0n) is 19.6. The molecular formula is C29H36N2O2. The predicted molar refractivity (Wildman–Crippen MR) is 134 cm³/mol. The summed E-state index contributed by atoms with van der Waals surface area (Å²) in [5.74, 6) is 0. The second-order valence-corrected chi connectivity index (χ2v) is 9.35. The van der Waals surface area contributed by atoms with E-state index in [1.807, 2.05) is 37.3 Å². The molecule has 0 radical (unpaired) electrons. The number of hydrogen-bond acceptors (Lipinski definition) is 4. The van der Waals surface area contributed by atoms with E-state index >= 15 is 0 Å². The van der Waals surface area contributed by atoms with Crippen LogP contribution in [0.4, 0.5) is 0 Å². The average molecular weight is 445 g/mol. The number of ether oxygens (including phenoxy) is 1. The van der Waals surface area contributed by atoms with Gasteiger partial charge < -0.3 is 9.84 Å². The molecule has 0 spiro atoms. The van der Waals surface area contributed by atoms with Crippen molar-refractivity contribution in [3.05, 3.63) is 108 Å². The lowest BCUT2D eigenvalue weighted by Crippen LogP contribution is -2.52. The maximum absolute atomic E-state index is 10.9. The summed E-state index contributed by atoms with van der Waals surface area (Å²) in [5.41, 5.74) is 2.85. The molecule has 3 aromatic rings. The smallest absolute Gasteiger partial charge is 0.108 e. The third kappa shape index (κ3) is 7.24. The molecule has 1 fully saturated rings. The number of rotatable bonds is 10. The van der Waals surface area contributed by atoms with E-state index in [0.717, 1.165) is 32.7 Å². The average Bonchev–Trinajstić information content (AvgIpc) is 2.84. The van der Waals surface area contributed by atoms with Crippen molar-refractivity contribution < 1.29 is 9.84 Å². The first-order valence-corrected chi connectivity index (χ1v) is 12.0. The first-order chi connectivity index (χ1) is 16.1. The Morgan fingerprint density at radius 1 is 0.758 bits per heavy atom. The quantitative estimate of drug-likeness (QED) is 0.503. The summed E-state index contributed by atoms with van der Waals surface area (Å²) in [7, 11) is 0. The molecule has 1 atom stereocenters. The van der Waals surface area contributed by atoms with Gasteiger partial charge in [-0.3, -0.25) is 9.80 Å². The maximum atomic E-state index is 10.9. The van der Waals surface area contributed by atoms with Crippen LogP contribution in [0.3, 0.4) is 0 Å². The van der Waals surface area contributed by atoms with Crippen LogP contribution in [0.15, 0.2) is 91.0 Å². The Morgan fingerprint density at radius 2 is 1.24 bits per heavy atom. The number of hydrogen-bond donors (Lipinski definition) is 1. The van der Waals surface area contributed by atoms with Crippen LogP contribution < -0.4 is 0 Å². The lowest BCUT2D eigenvalue weighted by molar-refractivity contribution is -0.00219. The van der Waals surface area contributed by atoms with Crippen molar-refractivity contribution in [2.75, 3.05) is 45.9 Å². The number of aliphatic hydroxyl groups is 1. The third-order valence-corrected chi connectivity index (χ3v) is 6.35. The highest BCUT2D eigenvalue weighted by molar-refractivity contribution is 5.29. The fourth-order valence-electron chi connectivity index (χ4n) is 4.68. The molecule has 0 bridgehead atoms. The molecule has 4 heteroatoms. The Labute approximate surface area is 198 Å². The SMILES string of the molecule is CC(O)(Cc1ccccc1)CN1CCN(CCOC(c2ccccc2)c2ccccc2)CC1. The van der Waals surface area contributed by atoms with Crippen molar-refractivity contribution in [3.8, 4) is 0 Å². The third-order valence-electron chi connectivity index (χ3n) is 6.35. The van der Waals surface area contributed by atoms with E-state index in [1.54, 1.807) is 0 Å². The highest BCUT2D eigenvalue weighted by Gasteiger charge is 2.27. The Bertz CT molecular complexity index is 900. The summed E-state index contributed by atoms with van der Waals surface area (Å²) >= 11 is 0. The van der Waals surface area contributed by atoms with Gasteiger partial charge in [0.1, 0.15) is 6.10 Å². The van der Waals surface area contributed by atoms with Gasteiger partial charge in [-0.2, -0.15) is 0 Å². The zero-order valence-corrected chi connectivity index (χ0v) is 19.6. The van der Waals surface area contributed by atoms with E-state index in [-0.39, 0.29) is 6.10 Å². The highest BCUT2D eigenvalue weighted by Crippen LogP contribution is 2.25. The summed E-state index contributed by atoms with van der Waals surface area (Å²) in [4.78, 5) is 4.85. The van der Waals surface area contributed by atoms with Gasteiger partial charge in [-0.25, -0.2) is 0 Å². The lowest BCUT2D eigenvalue weighted by Gasteiger charge is -2.38. The molecule has 0 amide bonds. The van der Waals surface area contributed by atoms with Gasteiger partial charge in [-0.15, -0.1) is 0 Å². The van der Waals surface area contributed by atoms with Gasteiger partial charge in [0.05, 0.1) is 12.2 Å². The van der Waals surface area contributed by atoms with Gasteiger partial charge in [-0.1, -0.05) is 91.0 Å². The molecule has 174 valence electrons. The molecule has 0 saturated carbocycles. The molecule has 3 aromatic carbocycles. The Morgan fingerprint density at radius 3 is 1.79 bits per heavy atom. The van der Waals surface area contributed by atoms with Crippen molar-refractivity contribution >= 4 is 0 Å². The fraction of sp³-hybridized carbons (Fsp3) is 0.379. The standard InChI is InChI=1S/C29H36N2O2/c1-29(32,23-25-11-5-2-6-12-25)24-31-19-17-30(18-20-31)21-22-33-28(26-13-7-3-8-14-26)27-15-9-4-10-16-27/h2-16,28,32H,17-24H2,1H3. The zero-order chi connectivity index (χ0) is 22.9. The normalized spacial score (nSPS) is 17.2. The van der Waals surface area contributed by atoms with E-state index in [1.165, 1.54) is 16.7 Å². The van der Waals surface area contributed by atoms with Gasteiger partial charge in [0.15, 0.2) is 0 Å². The van der Waals surface area contributed by atoms with Crippen LogP contribution in [0.2, 0.25) is 0 Å². The minimum Gasteiger partial charge on any atom is -0.388 e. The maximum Gasteiger partial charge on any atom is 0.108 e. The van der Waals surface area contributed by atoms with Crippen molar-refractivity contribution in [1.82, 2.24) is 9.80 Å². The molecule has 1 unspecified atom stereocenters. The topological polar surface area (TPSA) is 35.9 Å². The van der Waals surface area contributed by atoms with Crippen molar-refractivity contribution in [1.29, 1.82) is 0 Å². The van der Waals surface area contributed by atoms with Crippen LogP contribution >= 0.6 is 0 Å².